The zero-order valence-corrected chi connectivity index (χ0v) is 11.5. The van der Waals surface area contributed by atoms with Crippen molar-refractivity contribution in [2.45, 2.75) is 26.2 Å². The van der Waals surface area contributed by atoms with E-state index < -0.39 is 11.4 Å². The van der Waals surface area contributed by atoms with Crippen molar-refractivity contribution in [3.8, 4) is 0 Å². The number of Topliss-reactive ketones (excluding diaryl/α,β-unsaturated/α-hetero) is 1. The molecular formula is C17H18O3. The highest BCUT2D eigenvalue weighted by Crippen LogP contribution is 2.34. The van der Waals surface area contributed by atoms with E-state index in [9.17, 15) is 9.59 Å². The Balaban J connectivity index is 2.06. The number of aliphatic carboxylic acids is 1. The maximum Gasteiger partial charge on any atom is 0.303 e. The molecule has 2 rings (SSSR count). The number of benzene rings is 1. The summed E-state index contributed by atoms with van der Waals surface area (Å²) in [4.78, 5) is 22.7. The van der Waals surface area contributed by atoms with Gasteiger partial charge in [-0.1, -0.05) is 48.6 Å². The van der Waals surface area contributed by atoms with Gasteiger partial charge in [-0.25, -0.2) is 0 Å². The third-order valence-corrected chi connectivity index (χ3v) is 3.69. The second-order valence-electron chi connectivity index (χ2n) is 5.30. The summed E-state index contributed by atoms with van der Waals surface area (Å²) in [6.07, 6.45) is 6.51. The van der Waals surface area contributed by atoms with Crippen molar-refractivity contribution in [2.75, 3.05) is 0 Å². The first-order chi connectivity index (χ1) is 9.51. The minimum Gasteiger partial charge on any atom is -0.481 e. The summed E-state index contributed by atoms with van der Waals surface area (Å²) < 4.78 is 0. The zero-order chi connectivity index (χ0) is 14.6. The maximum atomic E-state index is 12.1. The average molecular weight is 270 g/mol. The molecule has 1 N–H and O–H groups in total. The predicted molar refractivity (Wildman–Crippen MR) is 78.2 cm³/mol. The predicted octanol–water partition coefficient (Wildman–Crippen LogP) is 3.47. The summed E-state index contributed by atoms with van der Waals surface area (Å²) >= 11 is 0. The summed E-state index contributed by atoms with van der Waals surface area (Å²) in [5.74, 6) is -0.943. The zero-order valence-electron chi connectivity index (χ0n) is 11.5. The molecule has 20 heavy (non-hydrogen) atoms. The van der Waals surface area contributed by atoms with Crippen molar-refractivity contribution < 1.29 is 14.7 Å². The summed E-state index contributed by atoms with van der Waals surface area (Å²) in [5, 5.41) is 8.65. The molecule has 1 atom stereocenters. The maximum absolute atomic E-state index is 12.1. The van der Waals surface area contributed by atoms with Crippen molar-refractivity contribution in [3.05, 3.63) is 54.1 Å². The van der Waals surface area contributed by atoms with Crippen LogP contribution in [0, 0.1) is 5.41 Å². The normalized spacial score (nSPS) is 21.4. The molecule has 1 unspecified atom stereocenters. The van der Waals surface area contributed by atoms with Crippen molar-refractivity contribution in [3.63, 3.8) is 0 Å². The van der Waals surface area contributed by atoms with Crippen LogP contribution in [0.2, 0.25) is 0 Å². The monoisotopic (exact) mass is 270 g/mol. The van der Waals surface area contributed by atoms with Gasteiger partial charge in [0.05, 0.1) is 6.42 Å². The van der Waals surface area contributed by atoms with Crippen LogP contribution in [-0.2, 0) is 9.59 Å². The van der Waals surface area contributed by atoms with Gasteiger partial charge in [-0.2, -0.15) is 0 Å². The molecule has 0 aliphatic heterocycles. The molecular weight excluding hydrogens is 252 g/mol. The fourth-order valence-corrected chi connectivity index (χ4v) is 2.29. The van der Waals surface area contributed by atoms with Gasteiger partial charge in [0.2, 0.25) is 0 Å². The second kappa shape index (κ2) is 5.87. The first kappa shape index (κ1) is 14.3. The number of carbonyl (C=O) groups excluding carboxylic acids is 1. The number of carboxylic acids is 1. The Hall–Kier alpha value is -2.16. The van der Waals surface area contributed by atoms with E-state index >= 15 is 0 Å². The van der Waals surface area contributed by atoms with E-state index in [-0.39, 0.29) is 18.6 Å². The van der Waals surface area contributed by atoms with Crippen LogP contribution in [-0.4, -0.2) is 16.9 Å². The van der Waals surface area contributed by atoms with Crippen molar-refractivity contribution in [2.24, 2.45) is 5.41 Å². The quantitative estimate of drug-likeness (QED) is 0.891. The number of hydrogen-bond acceptors (Lipinski definition) is 2. The van der Waals surface area contributed by atoms with E-state index in [0.717, 1.165) is 11.1 Å². The molecule has 3 nitrogen and oxygen atoms in total. The molecule has 0 amide bonds. The van der Waals surface area contributed by atoms with Gasteiger partial charge in [0.15, 0.2) is 0 Å². The molecule has 0 aromatic heterocycles. The minimum absolute atomic E-state index is 0.0143. The Labute approximate surface area is 118 Å². The fraction of sp³-hybridized carbons (Fsp3) is 0.294. The molecule has 0 spiro atoms. The van der Waals surface area contributed by atoms with E-state index in [4.69, 9.17) is 5.11 Å². The Morgan fingerprint density at radius 2 is 1.90 bits per heavy atom. The van der Waals surface area contributed by atoms with Gasteiger partial charge < -0.3 is 5.11 Å². The van der Waals surface area contributed by atoms with Gasteiger partial charge in [-0.05, 0) is 24.5 Å². The SMILES string of the molecule is CC1(C(=O)CCC(=O)O)C=CC(c2ccccc2)=CC1. The lowest BCUT2D eigenvalue weighted by atomic mass is 9.76. The number of hydrogen-bond donors (Lipinski definition) is 1. The third kappa shape index (κ3) is 3.23. The standard InChI is InChI=1S/C17H18O3/c1-17(15(18)7-8-16(19)20)11-9-14(10-12-17)13-5-3-2-4-6-13/h2-6,9-11H,7-8,12H2,1H3,(H,19,20). The summed E-state index contributed by atoms with van der Waals surface area (Å²) in [6.45, 7) is 1.87. The van der Waals surface area contributed by atoms with E-state index in [2.05, 4.69) is 0 Å². The molecule has 0 saturated carbocycles. The van der Waals surface area contributed by atoms with E-state index in [1.165, 1.54) is 0 Å². The van der Waals surface area contributed by atoms with Crippen LogP contribution >= 0.6 is 0 Å². The smallest absolute Gasteiger partial charge is 0.303 e. The molecule has 0 saturated heterocycles. The number of carbonyl (C=O) groups is 2. The average Bonchev–Trinajstić information content (AvgIpc) is 2.46. The second-order valence-corrected chi connectivity index (χ2v) is 5.30. The molecule has 1 aliphatic carbocycles. The number of ketones is 1. The molecule has 0 fully saturated rings. The van der Waals surface area contributed by atoms with Crippen LogP contribution < -0.4 is 0 Å². The van der Waals surface area contributed by atoms with E-state index in [1.54, 1.807) is 0 Å². The number of rotatable bonds is 5. The lowest BCUT2D eigenvalue weighted by Crippen LogP contribution is -2.27. The first-order valence-corrected chi connectivity index (χ1v) is 6.71. The van der Waals surface area contributed by atoms with Gasteiger partial charge in [0, 0.05) is 11.8 Å². The minimum atomic E-state index is -0.928. The van der Waals surface area contributed by atoms with Crippen LogP contribution in [0.1, 0.15) is 31.7 Å². The largest absolute Gasteiger partial charge is 0.481 e. The highest BCUT2D eigenvalue weighted by atomic mass is 16.4. The lowest BCUT2D eigenvalue weighted by Gasteiger charge is -2.26. The van der Waals surface area contributed by atoms with E-state index in [1.807, 2.05) is 55.5 Å². The van der Waals surface area contributed by atoms with Gasteiger partial charge >= 0.3 is 5.97 Å². The Morgan fingerprint density at radius 3 is 2.45 bits per heavy atom. The van der Waals surface area contributed by atoms with E-state index in [0.29, 0.717) is 6.42 Å². The van der Waals surface area contributed by atoms with Gasteiger partial charge in [0.25, 0.3) is 0 Å². The van der Waals surface area contributed by atoms with Gasteiger partial charge in [0.1, 0.15) is 5.78 Å². The summed E-state index contributed by atoms with van der Waals surface area (Å²) in [5.41, 5.74) is 1.66. The molecule has 3 heteroatoms. The fourth-order valence-electron chi connectivity index (χ4n) is 2.29. The van der Waals surface area contributed by atoms with Crippen LogP contribution in [0.25, 0.3) is 5.57 Å². The number of allylic oxidation sites excluding steroid dienone is 4. The highest BCUT2D eigenvalue weighted by molar-refractivity contribution is 5.91. The lowest BCUT2D eigenvalue weighted by molar-refractivity contribution is -0.139. The Morgan fingerprint density at radius 1 is 1.20 bits per heavy atom. The molecule has 0 heterocycles. The van der Waals surface area contributed by atoms with Crippen LogP contribution in [0.15, 0.2) is 48.6 Å². The molecule has 1 aliphatic rings. The van der Waals surface area contributed by atoms with Crippen molar-refractivity contribution in [1.82, 2.24) is 0 Å². The van der Waals surface area contributed by atoms with Crippen molar-refractivity contribution >= 4 is 17.3 Å². The highest BCUT2D eigenvalue weighted by Gasteiger charge is 2.31. The molecule has 0 radical (unpaired) electrons. The summed E-state index contributed by atoms with van der Waals surface area (Å²) in [7, 11) is 0. The van der Waals surface area contributed by atoms with Crippen molar-refractivity contribution in [1.29, 1.82) is 0 Å². The topological polar surface area (TPSA) is 54.4 Å². The summed E-state index contributed by atoms with van der Waals surface area (Å²) in [6, 6.07) is 10.00. The molecule has 1 aromatic rings. The van der Waals surface area contributed by atoms with Crippen LogP contribution in [0.5, 0.6) is 0 Å². The first-order valence-electron chi connectivity index (χ1n) is 6.71. The molecule has 1 aromatic carbocycles. The van der Waals surface area contributed by atoms with Gasteiger partial charge in [-0.3, -0.25) is 9.59 Å². The van der Waals surface area contributed by atoms with Crippen LogP contribution in [0.3, 0.4) is 0 Å². The Bertz CT molecular complexity index is 569. The molecule has 104 valence electrons. The Kier molecular flexibility index (Phi) is 4.18. The van der Waals surface area contributed by atoms with Gasteiger partial charge in [-0.15, -0.1) is 0 Å². The van der Waals surface area contributed by atoms with Crippen LogP contribution in [0.4, 0.5) is 0 Å². The third-order valence-electron chi connectivity index (χ3n) is 3.69. The molecule has 0 bridgehead atoms. The number of carboxylic acid groups (broad SMARTS) is 1.